The van der Waals surface area contributed by atoms with Gasteiger partial charge in [0.1, 0.15) is 17.1 Å². The molecule has 0 saturated heterocycles. The molecule has 0 aliphatic rings. The number of esters is 1. The number of aromatic hydroxyl groups is 1. The molecule has 1 atom stereocenters. The van der Waals surface area contributed by atoms with Crippen molar-refractivity contribution in [2.45, 2.75) is 38.8 Å². The fraction of sp³-hybridized carbons (Fsp3) is 0.250. The van der Waals surface area contributed by atoms with Gasteiger partial charge in [-0.2, -0.15) is 0 Å². The van der Waals surface area contributed by atoms with Crippen LogP contribution in [0.3, 0.4) is 0 Å². The third kappa shape index (κ3) is 7.59. The van der Waals surface area contributed by atoms with Gasteiger partial charge in [-0.3, -0.25) is 9.59 Å². The molecule has 0 aliphatic heterocycles. The Kier molecular flexibility index (Phi) is 8.32. The Hall–Kier alpha value is -4.33. The van der Waals surface area contributed by atoms with Gasteiger partial charge >= 0.3 is 5.97 Å². The van der Waals surface area contributed by atoms with Crippen LogP contribution in [0.25, 0.3) is 0 Å². The first-order valence-corrected chi connectivity index (χ1v) is 11.4. The normalized spacial score (nSPS) is 11.8. The molecule has 0 bridgehead atoms. The summed E-state index contributed by atoms with van der Waals surface area (Å²) in [5.74, 6) is -0.557. The van der Waals surface area contributed by atoms with E-state index in [2.05, 4.69) is 10.6 Å². The summed E-state index contributed by atoms with van der Waals surface area (Å²) in [6, 6.07) is 18.5. The molecule has 3 aromatic rings. The topological polar surface area (TPSA) is 114 Å². The highest BCUT2D eigenvalue weighted by Gasteiger charge is 2.28. The van der Waals surface area contributed by atoms with Gasteiger partial charge in [0, 0.05) is 11.3 Å². The van der Waals surface area contributed by atoms with Gasteiger partial charge in [-0.1, -0.05) is 24.3 Å². The van der Waals surface area contributed by atoms with E-state index >= 15 is 0 Å². The average Bonchev–Trinajstić information content (AvgIpc) is 2.83. The summed E-state index contributed by atoms with van der Waals surface area (Å²) >= 11 is 0. The number of amides is 2. The summed E-state index contributed by atoms with van der Waals surface area (Å²) in [6.45, 7) is 5.22. The summed E-state index contributed by atoms with van der Waals surface area (Å²) in [4.78, 5) is 38.1. The number of ether oxygens (including phenoxy) is 2. The van der Waals surface area contributed by atoms with E-state index in [9.17, 15) is 19.5 Å². The van der Waals surface area contributed by atoms with Gasteiger partial charge < -0.3 is 25.2 Å². The maximum absolute atomic E-state index is 12.9. The quantitative estimate of drug-likeness (QED) is 0.404. The van der Waals surface area contributed by atoms with E-state index in [0.717, 1.165) is 5.56 Å². The molecule has 188 valence electrons. The minimum absolute atomic E-state index is 0.0395. The molecule has 0 aliphatic carbocycles. The summed E-state index contributed by atoms with van der Waals surface area (Å²) in [6.07, 6.45) is 0.191. The second-order valence-electron chi connectivity index (χ2n) is 9.18. The maximum atomic E-state index is 12.9. The molecule has 0 aromatic heterocycles. The standard InChI is InChI=1S/C28H30N2O6/c1-28(2,3)36-27(34)25(19-9-13-22(31)14-10-19)30-26(33)20-7-11-21(12-8-20)29-24(32)17-18-5-15-23(35-4)16-6-18/h5-16,25,31H,17H2,1-4H3,(H,29,32)(H,30,33)/t25-/m0/s1. The summed E-state index contributed by atoms with van der Waals surface area (Å²) in [7, 11) is 1.58. The molecule has 2 amide bonds. The fourth-order valence-electron chi connectivity index (χ4n) is 3.36. The second kappa shape index (κ2) is 11.4. The number of methoxy groups -OCH3 is 1. The minimum atomic E-state index is -1.07. The van der Waals surface area contributed by atoms with Gasteiger partial charge in [-0.25, -0.2) is 4.79 Å². The molecule has 36 heavy (non-hydrogen) atoms. The van der Waals surface area contributed by atoms with Crippen LogP contribution in [0.15, 0.2) is 72.8 Å². The Morgan fingerprint density at radius 2 is 1.50 bits per heavy atom. The van der Waals surface area contributed by atoms with Crippen molar-refractivity contribution in [1.82, 2.24) is 5.32 Å². The number of nitrogens with one attached hydrogen (secondary N) is 2. The molecular weight excluding hydrogens is 460 g/mol. The Labute approximate surface area is 210 Å². The van der Waals surface area contributed by atoms with E-state index in [0.29, 0.717) is 22.6 Å². The number of carbonyl (C=O) groups excluding carboxylic acids is 3. The minimum Gasteiger partial charge on any atom is -0.508 e. The molecule has 8 heteroatoms. The van der Waals surface area contributed by atoms with E-state index in [1.807, 2.05) is 12.1 Å². The monoisotopic (exact) mass is 490 g/mol. The molecule has 0 saturated carbocycles. The van der Waals surface area contributed by atoms with Crippen LogP contribution in [0.4, 0.5) is 5.69 Å². The Morgan fingerprint density at radius 3 is 2.06 bits per heavy atom. The van der Waals surface area contributed by atoms with Crippen molar-refractivity contribution < 1.29 is 29.0 Å². The molecule has 0 radical (unpaired) electrons. The average molecular weight is 491 g/mol. The molecule has 3 aromatic carbocycles. The van der Waals surface area contributed by atoms with E-state index in [4.69, 9.17) is 9.47 Å². The van der Waals surface area contributed by atoms with E-state index in [1.54, 1.807) is 76.4 Å². The molecule has 0 heterocycles. The zero-order valence-corrected chi connectivity index (χ0v) is 20.7. The van der Waals surface area contributed by atoms with E-state index in [-0.39, 0.29) is 18.1 Å². The van der Waals surface area contributed by atoms with Crippen LogP contribution in [-0.4, -0.2) is 35.6 Å². The van der Waals surface area contributed by atoms with Crippen molar-refractivity contribution in [3.05, 3.63) is 89.5 Å². The lowest BCUT2D eigenvalue weighted by Gasteiger charge is -2.25. The van der Waals surface area contributed by atoms with Crippen LogP contribution in [0.5, 0.6) is 11.5 Å². The Bertz CT molecular complexity index is 1200. The van der Waals surface area contributed by atoms with Crippen LogP contribution in [0.2, 0.25) is 0 Å². The van der Waals surface area contributed by atoms with Gasteiger partial charge in [-0.05, 0) is 80.4 Å². The predicted octanol–water partition coefficient (Wildman–Crippen LogP) is 4.39. The molecule has 3 rings (SSSR count). The largest absolute Gasteiger partial charge is 0.508 e. The van der Waals surface area contributed by atoms with Gasteiger partial charge in [0.05, 0.1) is 13.5 Å². The summed E-state index contributed by atoms with van der Waals surface area (Å²) in [5.41, 5.74) is 1.40. The fourth-order valence-corrected chi connectivity index (χ4v) is 3.36. The molecule has 0 fully saturated rings. The lowest BCUT2D eigenvalue weighted by Crippen LogP contribution is -2.38. The highest BCUT2D eigenvalue weighted by atomic mass is 16.6. The number of rotatable bonds is 8. The maximum Gasteiger partial charge on any atom is 0.333 e. The lowest BCUT2D eigenvalue weighted by atomic mass is 10.1. The molecular formula is C28H30N2O6. The van der Waals surface area contributed by atoms with Crippen molar-refractivity contribution in [2.75, 3.05) is 12.4 Å². The molecule has 0 spiro atoms. The van der Waals surface area contributed by atoms with Crippen molar-refractivity contribution in [3.63, 3.8) is 0 Å². The number of benzene rings is 3. The summed E-state index contributed by atoms with van der Waals surface area (Å²) < 4.78 is 10.6. The van der Waals surface area contributed by atoms with Gasteiger partial charge in [0.25, 0.3) is 5.91 Å². The van der Waals surface area contributed by atoms with Crippen LogP contribution in [-0.2, 0) is 20.7 Å². The first kappa shape index (κ1) is 26.3. The van der Waals surface area contributed by atoms with Gasteiger partial charge in [0.2, 0.25) is 5.91 Å². The van der Waals surface area contributed by atoms with Crippen molar-refractivity contribution in [2.24, 2.45) is 0 Å². The number of anilines is 1. The van der Waals surface area contributed by atoms with Crippen LogP contribution in [0.1, 0.15) is 48.3 Å². The highest BCUT2D eigenvalue weighted by molar-refractivity contribution is 5.98. The zero-order chi connectivity index (χ0) is 26.3. The zero-order valence-electron chi connectivity index (χ0n) is 20.7. The van der Waals surface area contributed by atoms with Crippen molar-refractivity contribution in [3.8, 4) is 11.5 Å². The van der Waals surface area contributed by atoms with E-state index < -0.39 is 23.5 Å². The third-order valence-electron chi connectivity index (χ3n) is 5.10. The number of hydrogen-bond donors (Lipinski definition) is 3. The SMILES string of the molecule is COc1ccc(CC(=O)Nc2ccc(C(=O)N[C@H](C(=O)OC(C)(C)C)c3ccc(O)cc3)cc2)cc1. The highest BCUT2D eigenvalue weighted by Crippen LogP contribution is 2.22. The molecule has 8 nitrogen and oxygen atoms in total. The lowest BCUT2D eigenvalue weighted by molar-refractivity contribution is -0.157. The van der Waals surface area contributed by atoms with Crippen molar-refractivity contribution >= 4 is 23.5 Å². The Morgan fingerprint density at radius 1 is 0.889 bits per heavy atom. The van der Waals surface area contributed by atoms with Crippen LogP contribution >= 0.6 is 0 Å². The van der Waals surface area contributed by atoms with Crippen LogP contribution < -0.4 is 15.4 Å². The number of carbonyl (C=O) groups is 3. The molecule has 0 unspecified atom stereocenters. The second-order valence-corrected chi connectivity index (χ2v) is 9.18. The summed E-state index contributed by atoms with van der Waals surface area (Å²) in [5, 5.41) is 15.1. The number of hydrogen-bond acceptors (Lipinski definition) is 6. The number of phenolic OH excluding ortho intramolecular Hbond substituents is 1. The third-order valence-corrected chi connectivity index (χ3v) is 5.10. The smallest absolute Gasteiger partial charge is 0.333 e. The van der Waals surface area contributed by atoms with Crippen molar-refractivity contribution in [1.29, 1.82) is 0 Å². The molecule has 3 N–H and O–H groups in total. The number of phenols is 1. The predicted molar refractivity (Wildman–Crippen MR) is 136 cm³/mol. The van der Waals surface area contributed by atoms with Gasteiger partial charge in [-0.15, -0.1) is 0 Å². The van der Waals surface area contributed by atoms with Crippen LogP contribution in [0, 0.1) is 0 Å². The van der Waals surface area contributed by atoms with E-state index in [1.165, 1.54) is 12.1 Å². The first-order chi connectivity index (χ1) is 17.0. The van der Waals surface area contributed by atoms with Gasteiger partial charge in [0.15, 0.2) is 6.04 Å². The Balaban J connectivity index is 1.66. The first-order valence-electron chi connectivity index (χ1n) is 11.4.